The molecule has 0 saturated heterocycles. The molecule has 35 heavy (non-hydrogen) atoms. The van der Waals surface area contributed by atoms with Crippen LogP contribution in [0, 0.1) is 0 Å². The summed E-state index contributed by atoms with van der Waals surface area (Å²) in [5.41, 5.74) is 3.24. The summed E-state index contributed by atoms with van der Waals surface area (Å²) in [5, 5.41) is 7.07. The lowest BCUT2D eigenvalue weighted by atomic mass is 9.79. The van der Waals surface area contributed by atoms with Gasteiger partial charge in [0.15, 0.2) is 5.65 Å². The Balaban J connectivity index is 1.56. The lowest BCUT2D eigenvalue weighted by Crippen LogP contribution is -2.38. The molecule has 0 bridgehead atoms. The van der Waals surface area contributed by atoms with Crippen LogP contribution in [-0.2, 0) is 23.9 Å². The molecule has 1 aliphatic heterocycles. The molecule has 0 atom stereocenters. The number of hydrogen-bond donors (Lipinski definition) is 2. The Bertz CT molecular complexity index is 1460. The smallest absolute Gasteiger partial charge is 0.323 e. The first-order valence-electron chi connectivity index (χ1n) is 11.8. The monoisotopic (exact) mass is 479 g/mol. The highest BCUT2D eigenvalue weighted by atomic mass is 19.1. The minimum Gasteiger partial charge on any atom is -0.430 e. The molecule has 0 spiro atoms. The zero-order chi connectivity index (χ0) is 25.0. The van der Waals surface area contributed by atoms with Crippen LogP contribution in [0.15, 0.2) is 39.9 Å². The molecule has 10 heteroatoms. The van der Waals surface area contributed by atoms with E-state index in [0.717, 1.165) is 18.8 Å². The van der Waals surface area contributed by atoms with Crippen LogP contribution in [0.4, 0.5) is 16.0 Å². The Hall–Kier alpha value is -3.53. The van der Waals surface area contributed by atoms with Gasteiger partial charge in [0.25, 0.3) is 5.56 Å². The van der Waals surface area contributed by atoms with Gasteiger partial charge in [-0.3, -0.25) is 9.18 Å². The summed E-state index contributed by atoms with van der Waals surface area (Å²) in [4.78, 5) is 26.5. The average Bonchev–Trinajstić information content (AvgIpc) is 3.42. The zero-order valence-corrected chi connectivity index (χ0v) is 20.6. The molecule has 0 radical (unpaired) electrons. The lowest BCUT2D eigenvalue weighted by Gasteiger charge is -2.33. The van der Waals surface area contributed by atoms with E-state index in [1.54, 1.807) is 13.8 Å². The van der Waals surface area contributed by atoms with E-state index < -0.39 is 12.1 Å². The number of benzene rings is 1. The van der Waals surface area contributed by atoms with Crippen LogP contribution in [-0.4, -0.2) is 37.5 Å². The van der Waals surface area contributed by atoms with Crippen molar-refractivity contribution in [2.24, 2.45) is 0 Å². The molecule has 1 aliphatic rings. The third-order valence-electron chi connectivity index (χ3n) is 6.65. The first-order valence-corrected chi connectivity index (χ1v) is 11.8. The molecular weight excluding hydrogens is 449 g/mol. The minimum atomic E-state index is -0.806. The van der Waals surface area contributed by atoms with Crippen LogP contribution in [0.25, 0.3) is 17.0 Å². The average molecular weight is 480 g/mol. The number of oxazole rings is 1. The highest BCUT2D eigenvalue weighted by Gasteiger charge is 2.28. The van der Waals surface area contributed by atoms with Gasteiger partial charge in [-0.15, -0.1) is 0 Å². The molecule has 0 fully saturated rings. The predicted octanol–water partition coefficient (Wildman–Crippen LogP) is 3.96. The van der Waals surface area contributed by atoms with Crippen LogP contribution < -0.4 is 16.2 Å². The number of hydrogen-bond acceptors (Lipinski definition) is 7. The summed E-state index contributed by atoms with van der Waals surface area (Å²) in [6.45, 7) is 11.3. The molecule has 4 aromatic rings. The molecule has 0 aliphatic carbocycles. The molecule has 184 valence electrons. The third kappa shape index (κ3) is 3.91. The number of anilines is 2. The van der Waals surface area contributed by atoms with E-state index in [2.05, 4.69) is 51.6 Å². The second-order valence-corrected chi connectivity index (χ2v) is 10.3. The summed E-state index contributed by atoms with van der Waals surface area (Å²) in [5.74, 6) is 0.346. The highest BCUT2D eigenvalue weighted by molar-refractivity contribution is 5.76. The maximum Gasteiger partial charge on any atom is 0.323 e. The van der Waals surface area contributed by atoms with Gasteiger partial charge in [0.2, 0.25) is 5.95 Å². The SMILES string of the molecule is CCn1c(=O)c2cnc(Nc3ccc4c(c3)CNCC4(C)C)nc2n1-c1nc(C(C)(C)CF)co1. The molecule has 4 heterocycles. The molecule has 3 aromatic heterocycles. The Labute approximate surface area is 202 Å². The maximum absolute atomic E-state index is 13.5. The van der Waals surface area contributed by atoms with Gasteiger partial charge in [-0.05, 0) is 30.2 Å². The molecule has 0 amide bonds. The second-order valence-electron chi connectivity index (χ2n) is 10.3. The molecule has 2 N–H and O–H groups in total. The van der Waals surface area contributed by atoms with Crippen LogP contribution in [0.1, 0.15) is 51.4 Å². The Morgan fingerprint density at radius 3 is 2.83 bits per heavy atom. The predicted molar refractivity (Wildman–Crippen MR) is 132 cm³/mol. The lowest BCUT2D eigenvalue weighted by molar-refractivity contribution is 0.343. The van der Waals surface area contributed by atoms with E-state index in [0.29, 0.717) is 29.2 Å². The van der Waals surface area contributed by atoms with Gasteiger partial charge in [0, 0.05) is 42.3 Å². The van der Waals surface area contributed by atoms with Crippen molar-refractivity contribution in [1.29, 1.82) is 0 Å². The minimum absolute atomic E-state index is 0.0618. The van der Waals surface area contributed by atoms with Gasteiger partial charge in [0.1, 0.15) is 18.3 Å². The van der Waals surface area contributed by atoms with Gasteiger partial charge in [-0.2, -0.15) is 14.6 Å². The summed E-state index contributed by atoms with van der Waals surface area (Å²) in [6.07, 6.45) is 2.93. The van der Waals surface area contributed by atoms with Gasteiger partial charge in [0.05, 0.1) is 5.69 Å². The number of nitrogens with zero attached hydrogens (tertiary/aromatic N) is 5. The molecular formula is C25H30FN7O2. The highest BCUT2D eigenvalue weighted by Crippen LogP contribution is 2.32. The normalized spacial score (nSPS) is 15.4. The maximum atomic E-state index is 13.5. The Morgan fingerprint density at radius 1 is 1.29 bits per heavy atom. The van der Waals surface area contributed by atoms with Crippen LogP contribution in [0.2, 0.25) is 0 Å². The number of aromatic nitrogens is 5. The molecule has 5 rings (SSSR count). The Morgan fingerprint density at radius 2 is 2.09 bits per heavy atom. The molecule has 0 saturated carbocycles. The number of alkyl halides is 1. The largest absolute Gasteiger partial charge is 0.430 e. The van der Waals surface area contributed by atoms with Crippen molar-refractivity contribution in [1.82, 2.24) is 29.6 Å². The molecule has 9 nitrogen and oxygen atoms in total. The summed E-state index contributed by atoms with van der Waals surface area (Å²) >= 11 is 0. The van der Waals surface area contributed by atoms with E-state index in [1.165, 1.54) is 33.0 Å². The van der Waals surface area contributed by atoms with Crippen molar-refractivity contribution in [3.8, 4) is 6.01 Å². The van der Waals surface area contributed by atoms with Crippen molar-refractivity contribution in [3.63, 3.8) is 0 Å². The summed E-state index contributed by atoms with van der Waals surface area (Å²) < 4.78 is 22.2. The zero-order valence-electron chi connectivity index (χ0n) is 20.6. The fraction of sp³-hybridized carbons (Fsp3) is 0.440. The topological polar surface area (TPSA) is 103 Å². The van der Waals surface area contributed by atoms with Crippen molar-refractivity contribution >= 4 is 22.7 Å². The van der Waals surface area contributed by atoms with Crippen LogP contribution in [0.5, 0.6) is 0 Å². The van der Waals surface area contributed by atoms with Gasteiger partial charge < -0.3 is 15.1 Å². The van der Waals surface area contributed by atoms with E-state index >= 15 is 0 Å². The van der Waals surface area contributed by atoms with Crippen LogP contribution >= 0.6 is 0 Å². The van der Waals surface area contributed by atoms with E-state index in [-0.39, 0.29) is 17.0 Å². The molecule has 0 unspecified atom stereocenters. The quantitative estimate of drug-likeness (QED) is 0.431. The number of fused-ring (bicyclic) bond motifs is 2. The third-order valence-corrected chi connectivity index (χ3v) is 6.65. The van der Waals surface area contributed by atoms with Crippen molar-refractivity contribution in [3.05, 3.63) is 57.8 Å². The summed E-state index contributed by atoms with van der Waals surface area (Å²) in [6, 6.07) is 6.41. The van der Waals surface area contributed by atoms with E-state index in [1.807, 2.05) is 13.0 Å². The van der Waals surface area contributed by atoms with Crippen molar-refractivity contribution in [2.45, 2.75) is 58.5 Å². The van der Waals surface area contributed by atoms with E-state index in [4.69, 9.17) is 4.42 Å². The van der Waals surface area contributed by atoms with Gasteiger partial charge in [-0.1, -0.05) is 33.8 Å². The first-order chi connectivity index (χ1) is 16.6. The standard InChI is InChI=1S/C25H30FN7O2/c1-6-32-21(34)17-11-28-22(29-16-7-8-18-15(9-16)10-27-14-25(18,4)5)31-20(17)33(32)23-30-19(12-35-23)24(2,3)13-26/h7-9,11-12,27H,6,10,13-14H2,1-5H3,(H,28,29,31). The van der Waals surface area contributed by atoms with E-state index in [9.17, 15) is 9.18 Å². The first kappa shape index (κ1) is 23.2. The molecule has 1 aromatic carbocycles. The van der Waals surface area contributed by atoms with Gasteiger partial charge >= 0.3 is 6.01 Å². The fourth-order valence-corrected chi connectivity index (χ4v) is 4.52. The number of rotatable bonds is 6. The van der Waals surface area contributed by atoms with Crippen molar-refractivity contribution in [2.75, 3.05) is 18.5 Å². The second kappa shape index (κ2) is 8.30. The number of halogens is 1. The Kier molecular flexibility index (Phi) is 5.51. The van der Waals surface area contributed by atoms with Crippen molar-refractivity contribution < 1.29 is 8.81 Å². The summed E-state index contributed by atoms with van der Waals surface area (Å²) in [7, 11) is 0. The fourth-order valence-electron chi connectivity index (χ4n) is 4.52. The van der Waals surface area contributed by atoms with Crippen LogP contribution in [0.3, 0.4) is 0 Å². The number of nitrogens with one attached hydrogen (secondary N) is 2. The van der Waals surface area contributed by atoms with Gasteiger partial charge in [-0.25, -0.2) is 9.67 Å².